The Balaban J connectivity index is 2.81. The van der Waals surface area contributed by atoms with Crippen molar-refractivity contribution in [2.45, 2.75) is 6.54 Å². The zero-order chi connectivity index (χ0) is 16.5. The SMILES string of the molecule is C=CCNC(=NCC(=O)N(C)C)N(C)Cc1ccccc1Cl. The van der Waals surface area contributed by atoms with Gasteiger partial charge in [-0.15, -0.1) is 6.58 Å². The molecule has 5 nitrogen and oxygen atoms in total. The Bertz CT molecular complexity index is 543. The van der Waals surface area contributed by atoms with E-state index in [9.17, 15) is 4.79 Å². The second-order valence-electron chi connectivity index (χ2n) is 5.05. The molecule has 1 rings (SSSR count). The maximum absolute atomic E-state index is 11.7. The van der Waals surface area contributed by atoms with Crippen LogP contribution in [0.3, 0.4) is 0 Å². The summed E-state index contributed by atoms with van der Waals surface area (Å²) >= 11 is 6.18. The summed E-state index contributed by atoms with van der Waals surface area (Å²) in [5.41, 5.74) is 0.999. The van der Waals surface area contributed by atoms with E-state index in [0.29, 0.717) is 24.1 Å². The molecule has 0 aliphatic rings. The van der Waals surface area contributed by atoms with Gasteiger partial charge in [-0.2, -0.15) is 0 Å². The number of hydrogen-bond donors (Lipinski definition) is 1. The third kappa shape index (κ3) is 5.77. The summed E-state index contributed by atoms with van der Waals surface area (Å²) in [5, 5.41) is 3.86. The Morgan fingerprint density at radius 2 is 2.05 bits per heavy atom. The monoisotopic (exact) mass is 322 g/mol. The highest BCUT2D eigenvalue weighted by Crippen LogP contribution is 2.16. The number of nitrogens with zero attached hydrogens (tertiary/aromatic N) is 3. The minimum atomic E-state index is -0.0518. The molecule has 0 aromatic heterocycles. The van der Waals surface area contributed by atoms with Crippen LogP contribution in [0, 0.1) is 0 Å². The molecule has 0 aliphatic heterocycles. The van der Waals surface area contributed by atoms with Gasteiger partial charge in [0, 0.05) is 39.3 Å². The van der Waals surface area contributed by atoms with Crippen molar-refractivity contribution in [3.05, 3.63) is 47.5 Å². The first-order valence-electron chi connectivity index (χ1n) is 6.99. The lowest BCUT2D eigenvalue weighted by Crippen LogP contribution is -2.39. The van der Waals surface area contributed by atoms with Crippen LogP contribution in [0.1, 0.15) is 5.56 Å². The molecule has 6 heteroatoms. The lowest BCUT2D eigenvalue weighted by molar-refractivity contribution is -0.127. The molecule has 0 heterocycles. The van der Waals surface area contributed by atoms with Crippen molar-refractivity contribution in [3.63, 3.8) is 0 Å². The Morgan fingerprint density at radius 3 is 2.64 bits per heavy atom. The summed E-state index contributed by atoms with van der Waals surface area (Å²) < 4.78 is 0. The van der Waals surface area contributed by atoms with Gasteiger partial charge < -0.3 is 15.1 Å². The molecule has 120 valence electrons. The summed E-state index contributed by atoms with van der Waals surface area (Å²) in [4.78, 5) is 19.5. The van der Waals surface area contributed by atoms with E-state index in [0.717, 1.165) is 5.56 Å². The van der Waals surface area contributed by atoms with Crippen molar-refractivity contribution in [2.24, 2.45) is 4.99 Å². The van der Waals surface area contributed by atoms with E-state index in [4.69, 9.17) is 11.6 Å². The number of carbonyl (C=O) groups is 1. The largest absolute Gasteiger partial charge is 0.353 e. The molecule has 0 radical (unpaired) electrons. The van der Waals surface area contributed by atoms with Gasteiger partial charge in [0.15, 0.2) is 5.96 Å². The first-order chi connectivity index (χ1) is 10.5. The first kappa shape index (κ1) is 18.0. The molecule has 0 saturated heterocycles. The molecule has 0 spiro atoms. The van der Waals surface area contributed by atoms with E-state index in [1.165, 1.54) is 4.90 Å². The highest BCUT2D eigenvalue weighted by molar-refractivity contribution is 6.31. The Kier molecular flexibility index (Phi) is 7.46. The molecule has 1 aromatic carbocycles. The quantitative estimate of drug-likeness (QED) is 0.495. The van der Waals surface area contributed by atoms with Crippen molar-refractivity contribution < 1.29 is 4.79 Å². The lowest BCUT2D eigenvalue weighted by Gasteiger charge is -2.23. The van der Waals surface area contributed by atoms with Crippen LogP contribution in [0.2, 0.25) is 5.02 Å². The molecule has 1 N–H and O–H groups in total. The molecule has 0 saturated carbocycles. The van der Waals surface area contributed by atoms with Crippen molar-refractivity contribution in [2.75, 3.05) is 34.2 Å². The van der Waals surface area contributed by atoms with E-state index in [1.54, 1.807) is 20.2 Å². The summed E-state index contributed by atoms with van der Waals surface area (Å²) in [6.07, 6.45) is 1.74. The van der Waals surface area contributed by atoms with Crippen LogP contribution < -0.4 is 5.32 Å². The van der Waals surface area contributed by atoms with Gasteiger partial charge in [0.25, 0.3) is 0 Å². The fourth-order valence-corrected chi connectivity index (χ4v) is 1.91. The minimum absolute atomic E-state index is 0.0518. The van der Waals surface area contributed by atoms with E-state index >= 15 is 0 Å². The van der Waals surface area contributed by atoms with Crippen molar-refractivity contribution >= 4 is 23.5 Å². The van der Waals surface area contributed by atoms with Gasteiger partial charge in [-0.1, -0.05) is 35.9 Å². The number of likely N-dealkylation sites (N-methyl/N-ethyl adjacent to an activating group) is 1. The van der Waals surface area contributed by atoms with Crippen LogP contribution in [0.25, 0.3) is 0 Å². The van der Waals surface area contributed by atoms with Crippen LogP contribution in [0.5, 0.6) is 0 Å². The topological polar surface area (TPSA) is 47.9 Å². The van der Waals surface area contributed by atoms with Crippen LogP contribution in [-0.2, 0) is 11.3 Å². The number of halogens is 1. The molecular formula is C16H23ClN4O. The number of hydrogen-bond acceptors (Lipinski definition) is 2. The maximum Gasteiger partial charge on any atom is 0.243 e. The number of nitrogens with one attached hydrogen (secondary N) is 1. The molecule has 0 aliphatic carbocycles. The summed E-state index contributed by atoms with van der Waals surface area (Å²) in [6, 6.07) is 7.66. The molecule has 0 bridgehead atoms. The molecule has 0 fully saturated rings. The number of carbonyl (C=O) groups excluding carboxylic acids is 1. The second kappa shape index (κ2) is 9.10. The predicted octanol–water partition coefficient (Wildman–Crippen LogP) is 1.99. The Hall–Kier alpha value is -2.01. The Labute approximate surface area is 137 Å². The van der Waals surface area contributed by atoms with Gasteiger partial charge in [-0.25, -0.2) is 4.99 Å². The van der Waals surface area contributed by atoms with Crippen molar-refractivity contribution in [1.82, 2.24) is 15.1 Å². The zero-order valence-electron chi connectivity index (χ0n) is 13.3. The van der Waals surface area contributed by atoms with Crippen molar-refractivity contribution in [3.8, 4) is 0 Å². The third-order valence-electron chi connectivity index (χ3n) is 2.99. The first-order valence-corrected chi connectivity index (χ1v) is 7.37. The van der Waals surface area contributed by atoms with Crippen LogP contribution in [0.15, 0.2) is 41.9 Å². The molecule has 22 heavy (non-hydrogen) atoms. The van der Waals surface area contributed by atoms with Gasteiger partial charge in [0.05, 0.1) is 0 Å². The average Bonchev–Trinajstić information content (AvgIpc) is 2.49. The van der Waals surface area contributed by atoms with E-state index < -0.39 is 0 Å². The predicted molar refractivity (Wildman–Crippen MR) is 92.1 cm³/mol. The lowest BCUT2D eigenvalue weighted by atomic mass is 10.2. The zero-order valence-corrected chi connectivity index (χ0v) is 14.1. The number of aliphatic imine (C=N–C) groups is 1. The minimum Gasteiger partial charge on any atom is -0.353 e. The number of rotatable bonds is 6. The molecule has 1 amide bonds. The van der Waals surface area contributed by atoms with Gasteiger partial charge in [-0.05, 0) is 11.6 Å². The number of guanidine groups is 1. The number of benzene rings is 1. The van der Waals surface area contributed by atoms with E-state index in [1.807, 2.05) is 36.2 Å². The highest BCUT2D eigenvalue weighted by Gasteiger charge is 2.10. The van der Waals surface area contributed by atoms with Crippen LogP contribution >= 0.6 is 11.6 Å². The summed E-state index contributed by atoms with van der Waals surface area (Å²) in [6.45, 7) is 4.95. The number of amides is 1. The van der Waals surface area contributed by atoms with Crippen LogP contribution in [-0.4, -0.2) is 55.9 Å². The molecule has 0 unspecified atom stereocenters. The third-order valence-corrected chi connectivity index (χ3v) is 3.36. The highest BCUT2D eigenvalue weighted by atomic mass is 35.5. The normalized spacial score (nSPS) is 11.0. The van der Waals surface area contributed by atoms with E-state index in [2.05, 4.69) is 16.9 Å². The summed E-state index contributed by atoms with van der Waals surface area (Å²) in [7, 11) is 5.32. The molecule has 0 atom stereocenters. The van der Waals surface area contributed by atoms with Crippen molar-refractivity contribution in [1.29, 1.82) is 0 Å². The standard InChI is InChI=1S/C16H23ClN4O/c1-5-10-18-16(19-11-15(22)20(2)3)21(4)12-13-8-6-7-9-14(13)17/h5-9H,1,10-12H2,2-4H3,(H,18,19). The smallest absolute Gasteiger partial charge is 0.243 e. The van der Waals surface area contributed by atoms with Gasteiger partial charge in [0.1, 0.15) is 6.54 Å². The van der Waals surface area contributed by atoms with E-state index in [-0.39, 0.29) is 12.5 Å². The Morgan fingerprint density at radius 1 is 1.36 bits per heavy atom. The fraction of sp³-hybridized carbons (Fsp3) is 0.375. The fourth-order valence-electron chi connectivity index (χ4n) is 1.72. The van der Waals surface area contributed by atoms with Gasteiger partial charge >= 0.3 is 0 Å². The average molecular weight is 323 g/mol. The van der Waals surface area contributed by atoms with Crippen LogP contribution in [0.4, 0.5) is 0 Å². The maximum atomic E-state index is 11.7. The summed E-state index contributed by atoms with van der Waals surface area (Å²) in [5.74, 6) is 0.582. The second-order valence-corrected chi connectivity index (χ2v) is 5.45. The van der Waals surface area contributed by atoms with Gasteiger partial charge in [-0.3, -0.25) is 4.79 Å². The molecule has 1 aromatic rings. The molecular weight excluding hydrogens is 300 g/mol. The van der Waals surface area contributed by atoms with Gasteiger partial charge in [0.2, 0.25) is 5.91 Å².